The lowest BCUT2D eigenvalue weighted by molar-refractivity contribution is -0.133. The summed E-state index contributed by atoms with van der Waals surface area (Å²) in [6.45, 7) is 4.78. The summed E-state index contributed by atoms with van der Waals surface area (Å²) < 4.78 is 5.27. The SMILES string of the molecule is CCCCCCCN=C(C)C1N=C(c2ccc(Cl)cc2)OC1=O. The molecule has 0 spiro atoms. The Kier molecular flexibility index (Phi) is 6.78. The van der Waals surface area contributed by atoms with Crippen LogP contribution in [0.3, 0.4) is 0 Å². The van der Waals surface area contributed by atoms with Crippen molar-refractivity contribution in [3.8, 4) is 0 Å². The zero-order chi connectivity index (χ0) is 16.7. The molecule has 0 fully saturated rings. The average Bonchev–Trinajstić information content (AvgIpc) is 2.93. The van der Waals surface area contributed by atoms with Gasteiger partial charge in [-0.05, 0) is 37.6 Å². The Balaban J connectivity index is 1.93. The van der Waals surface area contributed by atoms with Crippen LogP contribution in [0, 0.1) is 0 Å². The number of esters is 1. The number of ether oxygens (including phenoxy) is 1. The molecule has 1 unspecified atom stereocenters. The number of halogens is 1. The van der Waals surface area contributed by atoms with Crippen LogP contribution in [0.5, 0.6) is 0 Å². The van der Waals surface area contributed by atoms with Crippen LogP contribution < -0.4 is 0 Å². The normalized spacial score (nSPS) is 18.0. The highest BCUT2D eigenvalue weighted by molar-refractivity contribution is 6.30. The number of carbonyl (C=O) groups excluding carboxylic acids is 1. The van der Waals surface area contributed by atoms with Gasteiger partial charge in [0.05, 0.1) is 0 Å². The quantitative estimate of drug-likeness (QED) is 0.401. The summed E-state index contributed by atoms with van der Waals surface area (Å²) in [5.41, 5.74) is 1.46. The molecule has 1 aromatic carbocycles. The maximum absolute atomic E-state index is 12.0. The van der Waals surface area contributed by atoms with Gasteiger partial charge in [0.1, 0.15) is 0 Å². The Bertz CT molecular complexity index is 594. The van der Waals surface area contributed by atoms with Gasteiger partial charge < -0.3 is 4.74 Å². The van der Waals surface area contributed by atoms with Gasteiger partial charge in [-0.25, -0.2) is 9.79 Å². The molecule has 1 atom stereocenters. The summed E-state index contributed by atoms with van der Waals surface area (Å²) in [6, 6.07) is 6.46. The second kappa shape index (κ2) is 8.82. The minimum atomic E-state index is -0.615. The number of benzene rings is 1. The minimum absolute atomic E-state index is 0.342. The van der Waals surface area contributed by atoms with Crippen molar-refractivity contribution in [3.63, 3.8) is 0 Å². The predicted octanol–water partition coefficient (Wildman–Crippen LogP) is 4.44. The molecule has 1 aliphatic rings. The lowest BCUT2D eigenvalue weighted by Crippen LogP contribution is -2.23. The van der Waals surface area contributed by atoms with E-state index in [1.165, 1.54) is 25.7 Å². The van der Waals surface area contributed by atoms with E-state index in [0.717, 1.165) is 24.2 Å². The fraction of sp³-hybridized carbons (Fsp3) is 0.500. The fourth-order valence-corrected chi connectivity index (χ4v) is 2.52. The molecule has 2 rings (SSSR count). The van der Waals surface area contributed by atoms with Gasteiger partial charge in [0.2, 0.25) is 5.90 Å². The van der Waals surface area contributed by atoms with Gasteiger partial charge in [0, 0.05) is 22.8 Å². The van der Waals surface area contributed by atoms with Crippen molar-refractivity contribution in [3.05, 3.63) is 34.9 Å². The number of hydrogen-bond acceptors (Lipinski definition) is 4. The van der Waals surface area contributed by atoms with Crippen LogP contribution in [-0.2, 0) is 9.53 Å². The number of cyclic esters (lactones) is 1. The standard InChI is InChI=1S/C18H23ClN2O2/c1-3-4-5-6-7-12-20-13(2)16-18(22)23-17(21-16)14-8-10-15(19)11-9-14/h8-11,16H,3-7,12H2,1-2H3. The maximum atomic E-state index is 12.0. The molecule has 0 radical (unpaired) electrons. The third kappa shape index (κ3) is 5.17. The molecule has 5 heteroatoms. The second-order valence-electron chi connectivity index (χ2n) is 5.70. The third-order valence-electron chi connectivity index (χ3n) is 3.78. The van der Waals surface area contributed by atoms with E-state index in [1.54, 1.807) is 24.3 Å². The van der Waals surface area contributed by atoms with E-state index in [4.69, 9.17) is 16.3 Å². The molecular formula is C18H23ClN2O2. The van der Waals surface area contributed by atoms with Crippen molar-refractivity contribution in [2.24, 2.45) is 9.98 Å². The van der Waals surface area contributed by atoms with Crippen LogP contribution in [0.4, 0.5) is 0 Å². The number of carbonyl (C=O) groups is 1. The van der Waals surface area contributed by atoms with E-state index >= 15 is 0 Å². The van der Waals surface area contributed by atoms with Crippen LogP contribution in [0.25, 0.3) is 0 Å². The van der Waals surface area contributed by atoms with Crippen molar-refractivity contribution >= 4 is 29.2 Å². The van der Waals surface area contributed by atoms with Gasteiger partial charge in [0.25, 0.3) is 0 Å². The Morgan fingerprint density at radius 2 is 1.91 bits per heavy atom. The lowest BCUT2D eigenvalue weighted by atomic mass is 10.1. The van der Waals surface area contributed by atoms with E-state index < -0.39 is 6.04 Å². The van der Waals surface area contributed by atoms with E-state index in [2.05, 4.69) is 16.9 Å². The Morgan fingerprint density at radius 1 is 1.22 bits per heavy atom. The van der Waals surface area contributed by atoms with Gasteiger partial charge in [-0.15, -0.1) is 0 Å². The summed E-state index contributed by atoms with van der Waals surface area (Å²) >= 11 is 5.86. The van der Waals surface area contributed by atoms with Crippen molar-refractivity contribution in [2.45, 2.75) is 52.0 Å². The van der Waals surface area contributed by atoms with E-state index in [0.29, 0.717) is 10.9 Å². The molecule has 23 heavy (non-hydrogen) atoms. The van der Waals surface area contributed by atoms with Gasteiger partial charge in [0.15, 0.2) is 6.04 Å². The molecule has 0 saturated carbocycles. The Labute approximate surface area is 142 Å². The molecule has 1 heterocycles. The first-order valence-corrected chi connectivity index (χ1v) is 8.56. The molecule has 4 nitrogen and oxygen atoms in total. The summed E-state index contributed by atoms with van der Waals surface area (Å²) in [7, 11) is 0. The summed E-state index contributed by atoms with van der Waals surface area (Å²) in [4.78, 5) is 20.8. The lowest BCUT2D eigenvalue weighted by Gasteiger charge is -2.03. The van der Waals surface area contributed by atoms with Gasteiger partial charge >= 0.3 is 5.97 Å². The Hall–Kier alpha value is -1.68. The van der Waals surface area contributed by atoms with Gasteiger partial charge in [-0.3, -0.25) is 4.99 Å². The number of hydrogen-bond donors (Lipinski definition) is 0. The molecule has 1 aliphatic heterocycles. The topological polar surface area (TPSA) is 51.0 Å². The van der Waals surface area contributed by atoms with Crippen LogP contribution in [-0.4, -0.2) is 30.2 Å². The fourth-order valence-electron chi connectivity index (χ4n) is 2.39. The highest BCUT2D eigenvalue weighted by atomic mass is 35.5. The van der Waals surface area contributed by atoms with Crippen LogP contribution in [0.15, 0.2) is 34.3 Å². The van der Waals surface area contributed by atoms with Crippen molar-refractivity contribution in [2.75, 3.05) is 6.54 Å². The van der Waals surface area contributed by atoms with Crippen molar-refractivity contribution in [1.29, 1.82) is 0 Å². The van der Waals surface area contributed by atoms with Crippen molar-refractivity contribution < 1.29 is 9.53 Å². The molecule has 124 valence electrons. The molecule has 0 aliphatic carbocycles. The molecule has 0 amide bonds. The number of unbranched alkanes of at least 4 members (excludes halogenated alkanes) is 4. The summed E-state index contributed by atoms with van der Waals surface area (Å²) in [5.74, 6) is -0.0173. The van der Waals surface area contributed by atoms with E-state index in [-0.39, 0.29) is 5.97 Å². The molecule has 0 N–H and O–H groups in total. The Morgan fingerprint density at radius 3 is 2.61 bits per heavy atom. The van der Waals surface area contributed by atoms with E-state index in [1.807, 2.05) is 6.92 Å². The first-order chi connectivity index (χ1) is 11.1. The van der Waals surface area contributed by atoms with Crippen LogP contribution in [0.1, 0.15) is 51.5 Å². The highest BCUT2D eigenvalue weighted by Gasteiger charge is 2.31. The minimum Gasteiger partial charge on any atom is -0.405 e. The van der Waals surface area contributed by atoms with Crippen LogP contribution in [0.2, 0.25) is 5.02 Å². The molecule has 0 aromatic heterocycles. The van der Waals surface area contributed by atoms with Gasteiger partial charge in [-0.1, -0.05) is 44.2 Å². The van der Waals surface area contributed by atoms with Gasteiger partial charge in [-0.2, -0.15) is 0 Å². The summed E-state index contributed by atoms with van der Waals surface area (Å²) in [5, 5.41) is 0.635. The van der Waals surface area contributed by atoms with Crippen molar-refractivity contribution in [1.82, 2.24) is 0 Å². The first kappa shape index (κ1) is 17.7. The zero-order valence-electron chi connectivity index (χ0n) is 13.7. The smallest absolute Gasteiger partial charge is 0.343 e. The number of rotatable bonds is 8. The molecule has 1 aromatic rings. The van der Waals surface area contributed by atoms with Crippen LogP contribution >= 0.6 is 11.6 Å². The largest absolute Gasteiger partial charge is 0.405 e. The highest BCUT2D eigenvalue weighted by Crippen LogP contribution is 2.17. The zero-order valence-corrected chi connectivity index (χ0v) is 14.5. The predicted molar refractivity (Wildman–Crippen MR) is 94.6 cm³/mol. The number of nitrogens with zero attached hydrogens (tertiary/aromatic N) is 2. The maximum Gasteiger partial charge on any atom is 0.343 e. The first-order valence-electron chi connectivity index (χ1n) is 8.18. The molecular weight excluding hydrogens is 312 g/mol. The van der Waals surface area contributed by atoms with E-state index in [9.17, 15) is 4.79 Å². The third-order valence-corrected chi connectivity index (χ3v) is 4.03. The monoisotopic (exact) mass is 334 g/mol. The second-order valence-corrected chi connectivity index (χ2v) is 6.14. The molecule has 0 saturated heterocycles. The molecule has 0 bridgehead atoms. The number of aliphatic imine (C=N–C) groups is 2. The average molecular weight is 335 g/mol. The summed E-state index contributed by atoms with van der Waals surface area (Å²) in [6.07, 6.45) is 5.98.